The molecule has 0 atom stereocenters. The number of nitro benzene ring substituents is 1. The van der Waals surface area contributed by atoms with Crippen molar-refractivity contribution in [1.29, 1.82) is 0 Å². The first-order valence-electron chi connectivity index (χ1n) is 14.1. The van der Waals surface area contributed by atoms with E-state index in [-0.39, 0.29) is 41.1 Å². The second-order valence-electron chi connectivity index (χ2n) is 10.8. The highest BCUT2D eigenvalue weighted by molar-refractivity contribution is 6.09. The number of hydrogen-bond donors (Lipinski definition) is 1. The molecule has 1 aromatic heterocycles. The minimum Gasteiger partial charge on any atom is -0.496 e. The van der Waals surface area contributed by atoms with Crippen LogP contribution in [0.4, 0.5) is 17.1 Å². The Kier molecular flexibility index (Phi) is 8.67. The van der Waals surface area contributed by atoms with E-state index in [0.717, 1.165) is 0 Å². The van der Waals surface area contributed by atoms with E-state index in [4.69, 9.17) is 23.7 Å². The molecular weight excluding hydrogens is 596 g/mol. The number of rotatable bonds is 10. The Hall–Kier alpha value is -5.85. The molecular formula is C33H32N4O9. The molecule has 13 nitrogen and oxygen atoms in total. The topological polar surface area (TPSA) is 152 Å². The summed E-state index contributed by atoms with van der Waals surface area (Å²) in [5, 5.41) is 14.8. The van der Waals surface area contributed by atoms with Gasteiger partial charge in [-0.05, 0) is 55.8 Å². The van der Waals surface area contributed by atoms with Crippen molar-refractivity contribution in [3.05, 3.63) is 88.1 Å². The molecule has 3 aromatic carbocycles. The lowest BCUT2D eigenvalue weighted by Crippen LogP contribution is -2.52. The summed E-state index contributed by atoms with van der Waals surface area (Å²) in [5.41, 5.74) is 2.22. The number of aromatic nitrogens is 1. The summed E-state index contributed by atoms with van der Waals surface area (Å²) in [6.07, 6.45) is 1.50. The van der Waals surface area contributed by atoms with Gasteiger partial charge in [-0.3, -0.25) is 14.9 Å². The van der Waals surface area contributed by atoms with E-state index in [1.165, 1.54) is 45.7 Å². The maximum atomic E-state index is 13.4. The number of non-ortho nitro benzene ring substituents is 1. The molecule has 4 aromatic rings. The molecule has 0 aliphatic carbocycles. The van der Waals surface area contributed by atoms with Gasteiger partial charge >= 0.3 is 5.97 Å². The molecule has 1 amide bonds. The molecule has 0 fully saturated rings. The highest BCUT2D eigenvalue weighted by Crippen LogP contribution is 2.45. The van der Waals surface area contributed by atoms with Crippen LogP contribution in [-0.2, 0) is 11.4 Å². The fourth-order valence-electron chi connectivity index (χ4n) is 5.30. The van der Waals surface area contributed by atoms with Crippen molar-refractivity contribution in [3.8, 4) is 40.0 Å². The third kappa shape index (κ3) is 5.94. The van der Waals surface area contributed by atoms with Gasteiger partial charge in [-0.15, -0.1) is 0 Å². The minimum atomic E-state index is -0.870. The number of nitro groups is 1. The molecule has 0 saturated heterocycles. The number of ether oxygens (including phenoxy) is 5. The molecule has 0 radical (unpaired) electrons. The van der Waals surface area contributed by atoms with Gasteiger partial charge < -0.3 is 33.9 Å². The Morgan fingerprint density at radius 1 is 0.957 bits per heavy atom. The molecule has 46 heavy (non-hydrogen) atoms. The molecule has 0 spiro atoms. The van der Waals surface area contributed by atoms with E-state index in [2.05, 4.69) is 10.3 Å². The van der Waals surface area contributed by atoms with Gasteiger partial charge in [0.25, 0.3) is 11.6 Å². The number of fused-ring (bicyclic) bond motifs is 1. The number of nitrogens with zero attached hydrogens (tertiary/aromatic N) is 3. The monoisotopic (exact) mass is 628 g/mol. The van der Waals surface area contributed by atoms with Crippen LogP contribution < -0.4 is 33.9 Å². The van der Waals surface area contributed by atoms with Crippen molar-refractivity contribution in [2.75, 3.05) is 38.6 Å². The molecule has 0 bridgehead atoms. The fraction of sp³-hybridized carbons (Fsp3) is 0.242. The largest absolute Gasteiger partial charge is 0.496 e. The van der Waals surface area contributed by atoms with E-state index in [0.29, 0.717) is 39.6 Å². The van der Waals surface area contributed by atoms with E-state index >= 15 is 0 Å². The number of carbonyl (C=O) groups is 2. The lowest BCUT2D eigenvalue weighted by atomic mass is 9.91. The van der Waals surface area contributed by atoms with Crippen molar-refractivity contribution in [2.24, 2.45) is 0 Å². The van der Waals surface area contributed by atoms with Crippen LogP contribution in [-0.4, -0.2) is 55.7 Å². The number of nitrogens with one attached hydrogen (secondary N) is 1. The first kappa shape index (κ1) is 31.6. The molecule has 2 heterocycles. The third-order valence-electron chi connectivity index (χ3n) is 7.49. The van der Waals surface area contributed by atoms with E-state index in [9.17, 15) is 19.7 Å². The number of methoxy groups -OCH3 is 3. The number of likely N-dealkylation sites (N-methyl/N-ethyl adjacent to an activating group) is 1. The number of pyridine rings is 1. The zero-order valence-corrected chi connectivity index (χ0v) is 26.1. The van der Waals surface area contributed by atoms with Crippen LogP contribution in [0.5, 0.6) is 28.9 Å². The predicted molar refractivity (Wildman–Crippen MR) is 169 cm³/mol. The Bertz CT molecular complexity index is 1840. The second-order valence-corrected chi connectivity index (χ2v) is 10.8. The minimum absolute atomic E-state index is 0.101. The molecule has 0 unspecified atom stereocenters. The Morgan fingerprint density at radius 2 is 1.70 bits per heavy atom. The van der Waals surface area contributed by atoms with E-state index < -0.39 is 16.4 Å². The molecule has 1 N–H and O–H groups in total. The summed E-state index contributed by atoms with van der Waals surface area (Å²) >= 11 is 0. The van der Waals surface area contributed by atoms with Crippen LogP contribution in [0.2, 0.25) is 0 Å². The molecule has 238 valence electrons. The van der Waals surface area contributed by atoms with Crippen LogP contribution in [0.1, 0.15) is 29.8 Å². The SMILES string of the molecule is COc1ccc([N+](=O)[O-])cc1OCc1c(-c2ccc(OC(=O)c3cccnc3OC)cc2OC)ccc2c1N(C)C(=O)C(C)(C)N2. The van der Waals surface area contributed by atoms with Gasteiger partial charge in [-0.25, -0.2) is 9.78 Å². The second kappa shape index (κ2) is 12.6. The number of carbonyl (C=O) groups excluding carboxylic acids is 2. The van der Waals surface area contributed by atoms with Crippen molar-refractivity contribution in [2.45, 2.75) is 26.0 Å². The van der Waals surface area contributed by atoms with Crippen molar-refractivity contribution in [1.82, 2.24) is 4.98 Å². The summed E-state index contributed by atoms with van der Waals surface area (Å²) in [5.74, 6) is 0.326. The Morgan fingerprint density at radius 3 is 2.39 bits per heavy atom. The predicted octanol–water partition coefficient (Wildman–Crippen LogP) is 5.65. The average molecular weight is 629 g/mol. The Balaban J connectivity index is 1.58. The van der Waals surface area contributed by atoms with Crippen molar-refractivity contribution in [3.63, 3.8) is 0 Å². The van der Waals surface area contributed by atoms with Gasteiger partial charge in [0.05, 0.1) is 43.7 Å². The van der Waals surface area contributed by atoms with Crippen molar-refractivity contribution >= 4 is 28.9 Å². The van der Waals surface area contributed by atoms with Crippen LogP contribution in [0.3, 0.4) is 0 Å². The van der Waals surface area contributed by atoms with Crippen LogP contribution in [0, 0.1) is 10.1 Å². The number of anilines is 2. The number of benzene rings is 3. The summed E-state index contributed by atoms with van der Waals surface area (Å²) in [4.78, 5) is 42.9. The van der Waals surface area contributed by atoms with Crippen molar-refractivity contribution < 1.29 is 38.2 Å². The van der Waals surface area contributed by atoms with Gasteiger partial charge in [0, 0.05) is 36.5 Å². The molecule has 1 aliphatic heterocycles. The first-order valence-corrected chi connectivity index (χ1v) is 14.1. The summed E-state index contributed by atoms with van der Waals surface area (Å²) < 4.78 is 28.1. The highest BCUT2D eigenvalue weighted by Gasteiger charge is 2.39. The number of hydrogen-bond acceptors (Lipinski definition) is 11. The number of esters is 1. The van der Waals surface area contributed by atoms with Gasteiger partial charge in [0.2, 0.25) is 5.88 Å². The zero-order chi connectivity index (χ0) is 33.2. The molecule has 13 heteroatoms. The van der Waals surface area contributed by atoms with E-state index in [1.807, 2.05) is 12.1 Å². The average Bonchev–Trinajstić information content (AvgIpc) is 3.05. The normalized spacial score (nSPS) is 13.3. The lowest BCUT2D eigenvalue weighted by Gasteiger charge is -2.39. The quantitative estimate of drug-likeness (QED) is 0.100. The third-order valence-corrected chi connectivity index (χ3v) is 7.49. The Labute approximate surface area is 264 Å². The summed E-state index contributed by atoms with van der Waals surface area (Å²) in [6.45, 7) is 3.48. The standard InChI is InChI=1S/C33H32N4O9/c1-33(2)32(39)36(3)29-24(18-45-28-16-19(37(40)41)9-14-26(28)42-4)21(12-13-25(29)35-33)22-11-10-20(17-27(22)43-5)46-31(38)23-8-7-15-34-30(23)44-6/h7-17,35H,18H2,1-6H3. The van der Waals surface area contributed by atoms with Gasteiger partial charge in [0.1, 0.15) is 29.2 Å². The smallest absolute Gasteiger partial charge is 0.349 e. The first-order chi connectivity index (χ1) is 22.0. The van der Waals surface area contributed by atoms with Crippen LogP contribution >= 0.6 is 0 Å². The molecule has 1 aliphatic rings. The van der Waals surface area contributed by atoms with Gasteiger partial charge in [0.15, 0.2) is 11.5 Å². The number of amides is 1. The highest BCUT2D eigenvalue weighted by atomic mass is 16.6. The lowest BCUT2D eigenvalue weighted by molar-refractivity contribution is -0.385. The maximum Gasteiger partial charge on any atom is 0.349 e. The fourth-order valence-corrected chi connectivity index (χ4v) is 5.30. The van der Waals surface area contributed by atoms with Gasteiger partial charge in [-0.2, -0.15) is 0 Å². The molecule has 0 saturated carbocycles. The van der Waals surface area contributed by atoms with Crippen LogP contribution in [0.15, 0.2) is 66.9 Å². The zero-order valence-electron chi connectivity index (χ0n) is 26.1. The van der Waals surface area contributed by atoms with E-state index in [1.54, 1.807) is 56.1 Å². The maximum absolute atomic E-state index is 13.4. The molecule has 5 rings (SSSR count). The summed E-state index contributed by atoms with van der Waals surface area (Å²) in [6, 6.07) is 15.8. The van der Waals surface area contributed by atoms with Crippen LogP contribution in [0.25, 0.3) is 11.1 Å². The van der Waals surface area contributed by atoms with Gasteiger partial charge in [-0.1, -0.05) is 6.07 Å². The summed E-state index contributed by atoms with van der Waals surface area (Å²) in [7, 11) is 6.01.